The van der Waals surface area contributed by atoms with Gasteiger partial charge in [0.25, 0.3) is 0 Å². The van der Waals surface area contributed by atoms with Crippen molar-refractivity contribution < 1.29 is 9.47 Å². The Morgan fingerprint density at radius 2 is 1.67 bits per heavy atom. The maximum atomic E-state index is 8.87. The molecule has 3 heteroatoms. The van der Waals surface area contributed by atoms with Gasteiger partial charge in [-0.2, -0.15) is 5.26 Å². The highest BCUT2D eigenvalue weighted by Crippen LogP contribution is 2.38. The van der Waals surface area contributed by atoms with Gasteiger partial charge in [-0.15, -0.1) is 0 Å². The van der Waals surface area contributed by atoms with Crippen molar-refractivity contribution in [3.8, 4) is 6.07 Å². The molecule has 1 saturated carbocycles. The molecule has 1 saturated heterocycles. The zero-order valence-electron chi connectivity index (χ0n) is 14.7. The van der Waals surface area contributed by atoms with E-state index in [4.69, 9.17) is 14.7 Å². The van der Waals surface area contributed by atoms with Gasteiger partial charge in [-0.25, -0.2) is 0 Å². The second-order valence-corrected chi connectivity index (χ2v) is 7.42. The third kappa shape index (κ3) is 4.37. The van der Waals surface area contributed by atoms with Crippen LogP contribution in [0.3, 0.4) is 0 Å². The number of nitrogens with zero attached hydrogens (tertiary/aromatic N) is 1. The number of nitriles is 1. The van der Waals surface area contributed by atoms with Crippen molar-refractivity contribution in [2.24, 2.45) is 17.8 Å². The van der Waals surface area contributed by atoms with Gasteiger partial charge >= 0.3 is 0 Å². The van der Waals surface area contributed by atoms with E-state index in [-0.39, 0.29) is 6.29 Å². The van der Waals surface area contributed by atoms with E-state index in [9.17, 15) is 0 Å². The quantitative estimate of drug-likeness (QED) is 0.745. The summed E-state index contributed by atoms with van der Waals surface area (Å²) in [5.41, 5.74) is 1.68. The molecule has 1 aromatic rings. The molecule has 2 aliphatic rings. The standard InChI is InChI=1S/C21H29NO2/c1-2-3-4-16-5-9-18(10-6-16)20-14-23-21(24-15-20)19-11-7-17(13-22)8-12-19/h7-8,11-12,16,18,20-21H,2-6,9-10,14-15H2,1H3. The molecule has 0 bridgehead atoms. The van der Waals surface area contributed by atoms with Gasteiger partial charge in [0.2, 0.25) is 0 Å². The molecule has 130 valence electrons. The number of hydrogen-bond donors (Lipinski definition) is 0. The third-order valence-electron chi connectivity index (χ3n) is 5.76. The van der Waals surface area contributed by atoms with Crippen molar-refractivity contribution in [2.75, 3.05) is 13.2 Å². The molecule has 1 heterocycles. The summed E-state index contributed by atoms with van der Waals surface area (Å²) in [6, 6.07) is 9.66. The topological polar surface area (TPSA) is 42.2 Å². The van der Waals surface area contributed by atoms with Crippen LogP contribution in [0, 0.1) is 29.1 Å². The Morgan fingerprint density at radius 3 is 2.25 bits per heavy atom. The third-order valence-corrected chi connectivity index (χ3v) is 5.76. The highest BCUT2D eigenvalue weighted by Gasteiger charge is 2.32. The predicted molar refractivity (Wildman–Crippen MR) is 94.3 cm³/mol. The molecule has 0 N–H and O–H groups in total. The lowest BCUT2D eigenvalue weighted by Gasteiger charge is -2.37. The molecule has 1 aromatic carbocycles. The molecule has 0 amide bonds. The Labute approximate surface area is 146 Å². The fraction of sp³-hybridized carbons (Fsp3) is 0.667. The van der Waals surface area contributed by atoms with Crippen molar-refractivity contribution in [1.82, 2.24) is 0 Å². The van der Waals surface area contributed by atoms with Crippen LogP contribution in [0.2, 0.25) is 0 Å². The van der Waals surface area contributed by atoms with Crippen LogP contribution in [0.15, 0.2) is 24.3 Å². The molecule has 0 radical (unpaired) electrons. The van der Waals surface area contributed by atoms with Crippen LogP contribution in [0.1, 0.15) is 69.3 Å². The molecule has 1 aliphatic heterocycles. The van der Waals surface area contributed by atoms with Crippen LogP contribution >= 0.6 is 0 Å². The van der Waals surface area contributed by atoms with Crippen molar-refractivity contribution in [1.29, 1.82) is 5.26 Å². The highest BCUT2D eigenvalue weighted by molar-refractivity contribution is 5.32. The van der Waals surface area contributed by atoms with Crippen molar-refractivity contribution in [2.45, 2.75) is 58.2 Å². The first-order chi connectivity index (χ1) is 11.8. The normalized spacial score (nSPS) is 30.7. The maximum absolute atomic E-state index is 8.87. The molecule has 3 rings (SSSR count). The molecular weight excluding hydrogens is 298 g/mol. The van der Waals surface area contributed by atoms with Crippen LogP contribution in [-0.2, 0) is 9.47 Å². The average Bonchev–Trinajstić information content (AvgIpc) is 2.67. The number of benzene rings is 1. The molecular formula is C21H29NO2. The Kier molecular flexibility index (Phi) is 6.29. The van der Waals surface area contributed by atoms with Gasteiger partial charge in [-0.1, -0.05) is 51.2 Å². The summed E-state index contributed by atoms with van der Waals surface area (Å²) in [5.74, 6) is 2.27. The highest BCUT2D eigenvalue weighted by atomic mass is 16.7. The van der Waals surface area contributed by atoms with E-state index >= 15 is 0 Å². The van der Waals surface area contributed by atoms with E-state index in [1.54, 1.807) is 0 Å². The van der Waals surface area contributed by atoms with E-state index < -0.39 is 0 Å². The van der Waals surface area contributed by atoms with Gasteiger partial charge in [-0.05, 0) is 36.8 Å². The molecule has 1 aliphatic carbocycles. The minimum atomic E-state index is -0.269. The zero-order chi connectivity index (χ0) is 16.8. The van der Waals surface area contributed by atoms with Gasteiger partial charge in [0.1, 0.15) is 0 Å². The second-order valence-electron chi connectivity index (χ2n) is 7.42. The smallest absolute Gasteiger partial charge is 0.183 e. The lowest BCUT2D eigenvalue weighted by Crippen LogP contribution is -2.34. The number of ether oxygens (including phenoxy) is 2. The predicted octanol–water partition coefficient (Wildman–Crippen LogP) is 5.22. The lowest BCUT2D eigenvalue weighted by molar-refractivity contribution is -0.214. The van der Waals surface area contributed by atoms with Crippen LogP contribution in [-0.4, -0.2) is 13.2 Å². The molecule has 0 atom stereocenters. The van der Waals surface area contributed by atoms with E-state index in [1.807, 2.05) is 24.3 Å². The SMILES string of the molecule is CCCCC1CCC(C2COC(c3ccc(C#N)cc3)OC2)CC1. The van der Waals surface area contributed by atoms with E-state index in [2.05, 4.69) is 13.0 Å². The molecule has 0 spiro atoms. The molecule has 0 unspecified atom stereocenters. The summed E-state index contributed by atoms with van der Waals surface area (Å²) in [4.78, 5) is 0. The fourth-order valence-electron chi connectivity index (χ4n) is 4.14. The van der Waals surface area contributed by atoms with Gasteiger partial charge in [0.15, 0.2) is 6.29 Å². The first kappa shape index (κ1) is 17.5. The largest absolute Gasteiger partial charge is 0.348 e. The monoisotopic (exact) mass is 327 g/mol. The fourth-order valence-corrected chi connectivity index (χ4v) is 4.14. The molecule has 24 heavy (non-hydrogen) atoms. The zero-order valence-corrected chi connectivity index (χ0v) is 14.7. The summed E-state index contributed by atoms with van der Waals surface area (Å²) < 4.78 is 12.0. The summed E-state index contributed by atoms with van der Waals surface area (Å²) in [5, 5.41) is 8.87. The Balaban J connectivity index is 1.44. The Morgan fingerprint density at radius 1 is 1.00 bits per heavy atom. The van der Waals surface area contributed by atoms with Gasteiger partial charge < -0.3 is 9.47 Å². The van der Waals surface area contributed by atoms with Crippen LogP contribution < -0.4 is 0 Å². The number of unbranched alkanes of at least 4 members (excludes halogenated alkanes) is 1. The van der Waals surface area contributed by atoms with Crippen molar-refractivity contribution in [3.63, 3.8) is 0 Å². The first-order valence-corrected chi connectivity index (χ1v) is 9.53. The average molecular weight is 327 g/mol. The Bertz CT molecular complexity index is 532. The lowest BCUT2D eigenvalue weighted by atomic mass is 9.75. The van der Waals surface area contributed by atoms with Crippen LogP contribution in [0.4, 0.5) is 0 Å². The first-order valence-electron chi connectivity index (χ1n) is 9.53. The van der Waals surface area contributed by atoms with E-state index in [0.717, 1.165) is 30.6 Å². The maximum Gasteiger partial charge on any atom is 0.183 e. The van der Waals surface area contributed by atoms with E-state index in [0.29, 0.717) is 11.5 Å². The van der Waals surface area contributed by atoms with E-state index in [1.165, 1.54) is 44.9 Å². The number of hydrogen-bond acceptors (Lipinski definition) is 3. The Hall–Kier alpha value is -1.37. The minimum Gasteiger partial charge on any atom is -0.348 e. The summed E-state index contributed by atoms with van der Waals surface area (Å²) in [7, 11) is 0. The second kappa shape index (κ2) is 8.65. The molecule has 2 fully saturated rings. The van der Waals surface area contributed by atoms with Crippen LogP contribution in [0.25, 0.3) is 0 Å². The van der Waals surface area contributed by atoms with Gasteiger partial charge in [0.05, 0.1) is 24.8 Å². The molecule has 0 aromatic heterocycles. The summed E-state index contributed by atoms with van der Waals surface area (Å²) in [6.07, 6.45) is 9.32. The minimum absolute atomic E-state index is 0.269. The molecule has 3 nitrogen and oxygen atoms in total. The summed E-state index contributed by atoms with van der Waals surface area (Å²) in [6.45, 7) is 3.89. The van der Waals surface area contributed by atoms with Gasteiger partial charge in [-0.3, -0.25) is 0 Å². The van der Waals surface area contributed by atoms with Gasteiger partial charge in [0, 0.05) is 11.5 Å². The number of rotatable bonds is 5. The van der Waals surface area contributed by atoms with Crippen molar-refractivity contribution in [3.05, 3.63) is 35.4 Å². The summed E-state index contributed by atoms with van der Waals surface area (Å²) >= 11 is 0. The van der Waals surface area contributed by atoms with Crippen molar-refractivity contribution >= 4 is 0 Å². The van der Waals surface area contributed by atoms with Crippen LogP contribution in [0.5, 0.6) is 0 Å².